The van der Waals surface area contributed by atoms with Gasteiger partial charge in [0.25, 0.3) is 0 Å². The van der Waals surface area contributed by atoms with E-state index in [9.17, 15) is 27.2 Å². The Labute approximate surface area is 142 Å². The number of alkyl halides is 3. The number of nitrogens with one attached hydrogen (secondary N) is 1. The van der Waals surface area contributed by atoms with Gasteiger partial charge in [-0.3, -0.25) is 9.59 Å². The van der Waals surface area contributed by atoms with Crippen LogP contribution in [0.3, 0.4) is 0 Å². The summed E-state index contributed by atoms with van der Waals surface area (Å²) in [6.07, 6.45) is -1.51. The van der Waals surface area contributed by atoms with E-state index in [4.69, 9.17) is 0 Å². The van der Waals surface area contributed by atoms with Crippen molar-refractivity contribution in [2.45, 2.75) is 19.0 Å². The molecule has 1 N–H and O–H groups in total. The number of benzene rings is 1. The largest absolute Gasteiger partial charge is 0.471 e. The predicted octanol–water partition coefficient (Wildman–Crippen LogP) is 2.76. The second-order valence-electron chi connectivity index (χ2n) is 5.83. The number of rotatable bonds is 4. The summed E-state index contributed by atoms with van der Waals surface area (Å²) in [5.41, 5.74) is 0.289. The van der Waals surface area contributed by atoms with Gasteiger partial charge in [0, 0.05) is 31.3 Å². The highest BCUT2D eigenvalue weighted by Crippen LogP contribution is 2.23. The Bertz CT molecular complexity index is 650. The van der Waals surface area contributed by atoms with Crippen molar-refractivity contribution >= 4 is 17.9 Å². The van der Waals surface area contributed by atoms with Gasteiger partial charge < -0.3 is 10.2 Å². The molecule has 0 spiro atoms. The van der Waals surface area contributed by atoms with E-state index in [0.717, 1.165) is 4.90 Å². The molecule has 0 aromatic heterocycles. The lowest BCUT2D eigenvalue weighted by atomic mass is 9.96. The second kappa shape index (κ2) is 8.13. The smallest absolute Gasteiger partial charge is 0.352 e. The van der Waals surface area contributed by atoms with Gasteiger partial charge in [-0.05, 0) is 30.9 Å². The van der Waals surface area contributed by atoms with E-state index in [1.807, 2.05) is 0 Å². The first-order valence-corrected chi connectivity index (χ1v) is 7.84. The predicted molar refractivity (Wildman–Crippen MR) is 83.8 cm³/mol. The summed E-state index contributed by atoms with van der Waals surface area (Å²) in [5, 5.41) is 2.64. The minimum absolute atomic E-state index is 0.00287. The molecule has 1 fully saturated rings. The van der Waals surface area contributed by atoms with Gasteiger partial charge in [0.1, 0.15) is 5.82 Å². The molecule has 0 bridgehead atoms. The quantitative estimate of drug-likeness (QED) is 0.665. The summed E-state index contributed by atoms with van der Waals surface area (Å²) in [4.78, 5) is 23.7. The maximum absolute atomic E-state index is 13.4. The fraction of sp³-hybridized carbons (Fsp3) is 0.412. The Hall–Kier alpha value is -2.38. The van der Waals surface area contributed by atoms with Crippen LogP contribution in [0.4, 0.5) is 17.6 Å². The molecular formula is C17H18F4N2O2. The summed E-state index contributed by atoms with van der Waals surface area (Å²) in [5.74, 6) is -2.66. The van der Waals surface area contributed by atoms with Gasteiger partial charge in [0.05, 0.1) is 0 Å². The number of hydrogen-bond acceptors (Lipinski definition) is 2. The third-order valence-electron chi connectivity index (χ3n) is 4.03. The molecule has 8 heteroatoms. The average molecular weight is 358 g/mol. The number of hydrogen-bond donors (Lipinski definition) is 1. The Morgan fingerprint density at radius 2 is 1.84 bits per heavy atom. The van der Waals surface area contributed by atoms with Crippen molar-refractivity contribution in [3.63, 3.8) is 0 Å². The number of piperidine rings is 1. The molecule has 1 heterocycles. The second-order valence-corrected chi connectivity index (χ2v) is 5.83. The number of likely N-dealkylation sites (tertiary alicyclic amines) is 1. The highest BCUT2D eigenvalue weighted by molar-refractivity contribution is 5.91. The van der Waals surface area contributed by atoms with Crippen molar-refractivity contribution in [1.82, 2.24) is 10.2 Å². The molecule has 1 saturated heterocycles. The van der Waals surface area contributed by atoms with E-state index in [2.05, 4.69) is 5.32 Å². The summed E-state index contributed by atoms with van der Waals surface area (Å²) in [7, 11) is 0. The van der Waals surface area contributed by atoms with Crippen LogP contribution in [-0.2, 0) is 9.59 Å². The molecule has 0 saturated carbocycles. The molecule has 136 valence electrons. The van der Waals surface area contributed by atoms with Crippen LogP contribution < -0.4 is 5.32 Å². The zero-order valence-electron chi connectivity index (χ0n) is 13.4. The minimum atomic E-state index is -4.85. The molecule has 1 aliphatic rings. The zero-order valence-corrected chi connectivity index (χ0v) is 13.4. The van der Waals surface area contributed by atoms with Gasteiger partial charge in [0.15, 0.2) is 0 Å². The molecule has 0 atom stereocenters. The van der Waals surface area contributed by atoms with Gasteiger partial charge in [-0.15, -0.1) is 0 Å². The monoisotopic (exact) mass is 358 g/mol. The fourth-order valence-corrected chi connectivity index (χ4v) is 2.60. The summed E-state index contributed by atoms with van der Waals surface area (Å²) < 4.78 is 50.5. The minimum Gasteiger partial charge on any atom is -0.352 e. The number of halogens is 4. The van der Waals surface area contributed by atoms with Gasteiger partial charge in [-0.25, -0.2) is 4.39 Å². The molecule has 2 rings (SSSR count). The molecule has 1 aromatic rings. The van der Waals surface area contributed by atoms with Gasteiger partial charge in [-0.2, -0.15) is 13.2 Å². The number of amides is 2. The molecule has 4 nitrogen and oxygen atoms in total. The lowest BCUT2D eigenvalue weighted by Gasteiger charge is -2.32. The van der Waals surface area contributed by atoms with Crippen molar-refractivity contribution in [3.8, 4) is 0 Å². The van der Waals surface area contributed by atoms with Crippen LogP contribution in [0.1, 0.15) is 18.4 Å². The van der Waals surface area contributed by atoms with Crippen molar-refractivity contribution in [2.24, 2.45) is 5.92 Å². The Balaban J connectivity index is 1.75. The number of carbonyl (C=O) groups excluding carboxylic acids is 2. The first-order chi connectivity index (χ1) is 11.8. The highest BCUT2D eigenvalue weighted by Gasteiger charge is 2.43. The maximum atomic E-state index is 13.4. The molecule has 1 aromatic carbocycles. The normalized spacial score (nSPS) is 16.2. The summed E-state index contributed by atoms with van der Waals surface area (Å²) >= 11 is 0. The zero-order chi connectivity index (χ0) is 18.4. The standard InChI is InChI=1S/C17H18F4N2O2/c18-14-4-2-1-3-13(14)5-6-15(24)22-11-12-7-9-23(10-8-12)16(25)17(19,20)21/h1-6,12H,7-11H2,(H,22,24)/b6-5+. The van der Waals surface area contributed by atoms with Crippen LogP contribution in [0.25, 0.3) is 6.08 Å². The van der Waals surface area contributed by atoms with E-state index >= 15 is 0 Å². The van der Waals surface area contributed by atoms with Crippen molar-refractivity contribution in [3.05, 3.63) is 41.7 Å². The van der Waals surface area contributed by atoms with E-state index < -0.39 is 23.8 Å². The number of carbonyl (C=O) groups is 2. The third-order valence-corrected chi connectivity index (χ3v) is 4.03. The lowest BCUT2D eigenvalue weighted by molar-refractivity contribution is -0.186. The van der Waals surface area contributed by atoms with Gasteiger partial charge in [0.2, 0.25) is 5.91 Å². The van der Waals surface area contributed by atoms with Crippen LogP contribution in [-0.4, -0.2) is 42.5 Å². The van der Waals surface area contributed by atoms with Crippen molar-refractivity contribution in [1.29, 1.82) is 0 Å². The van der Waals surface area contributed by atoms with Crippen LogP contribution in [0.2, 0.25) is 0 Å². The third kappa shape index (κ3) is 5.58. The van der Waals surface area contributed by atoms with E-state index in [-0.39, 0.29) is 24.6 Å². The van der Waals surface area contributed by atoms with E-state index in [0.29, 0.717) is 19.4 Å². The van der Waals surface area contributed by atoms with Gasteiger partial charge >= 0.3 is 12.1 Å². The van der Waals surface area contributed by atoms with Crippen molar-refractivity contribution in [2.75, 3.05) is 19.6 Å². The van der Waals surface area contributed by atoms with E-state index in [1.165, 1.54) is 24.3 Å². The SMILES string of the molecule is O=C(/C=C/c1ccccc1F)NCC1CCN(C(=O)C(F)(F)F)CC1. The first-order valence-electron chi connectivity index (χ1n) is 7.84. The summed E-state index contributed by atoms with van der Waals surface area (Å²) in [6.45, 7) is 0.336. The molecule has 0 radical (unpaired) electrons. The Morgan fingerprint density at radius 1 is 1.20 bits per heavy atom. The topological polar surface area (TPSA) is 49.4 Å². The molecule has 0 aliphatic carbocycles. The molecule has 25 heavy (non-hydrogen) atoms. The molecule has 1 aliphatic heterocycles. The number of nitrogens with zero attached hydrogens (tertiary/aromatic N) is 1. The fourth-order valence-electron chi connectivity index (χ4n) is 2.60. The van der Waals surface area contributed by atoms with Crippen molar-refractivity contribution < 1.29 is 27.2 Å². The van der Waals surface area contributed by atoms with Gasteiger partial charge in [-0.1, -0.05) is 18.2 Å². The molecule has 2 amide bonds. The summed E-state index contributed by atoms with van der Waals surface area (Å²) in [6, 6.07) is 6.01. The molecule has 0 unspecified atom stereocenters. The van der Waals surface area contributed by atoms with Crippen LogP contribution in [0.5, 0.6) is 0 Å². The maximum Gasteiger partial charge on any atom is 0.471 e. The molecular weight excluding hydrogens is 340 g/mol. The Kier molecular flexibility index (Phi) is 6.17. The first kappa shape index (κ1) is 19.0. The van der Waals surface area contributed by atoms with Crippen LogP contribution in [0, 0.1) is 11.7 Å². The lowest BCUT2D eigenvalue weighted by Crippen LogP contribution is -2.46. The van der Waals surface area contributed by atoms with Crippen LogP contribution in [0.15, 0.2) is 30.3 Å². The van der Waals surface area contributed by atoms with Crippen LogP contribution >= 0.6 is 0 Å². The highest BCUT2D eigenvalue weighted by atomic mass is 19.4. The Morgan fingerprint density at radius 3 is 2.44 bits per heavy atom. The van der Waals surface area contributed by atoms with E-state index in [1.54, 1.807) is 12.1 Å². The average Bonchev–Trinajstić information content (AvgIpc) is 2.58.